The zero-order chi connectivity index (χ0) is 20.8. The maximum atomic E-state index is 12.0. The van der Waals surface area contributed by atoms with Gasteiger partial charge in [-0.2, -0.15) is 10.2 Å². The summed E-state index contributed by atoms with van der Waals surface area (Å²) in [5, 5.41) is 29.1. The Hall–Kier alpha value is -3.68. The van der Waals surface area contributed by atoms with Crippen LogP contribution in [0, 0.1) is 10.1 Å². The number of thioether (sulfide) groups is 1. The molecule has 0 spiro atoms. The standard InChI is InChI=1S/C14H14N6O7S/c1-6(28-13-12(23)16-14(24)19-18-13)11(22)17-15-5-7-3-9(21)10(27-2)4-8(7)20(25)26/h3-6,21H,1-2H3,(H,17,22)(H2,16,19,23,24)/b15-5+. The lowest BCUT2D eigenvalue weighted by Crippen LogP contribution is -2.30. The van der Waals surface area contributed by atoms with Gasteiger partial charge in [-0.1, -0.05) is 11.8 Å². The molecule has 1 aromatic carbocycles. The van der Waals surface area contributed by atoms with Gasteiger partial charge in [0.15, 0.2) is 16.5 Å². The minimum absolute atomic E-state index is 0.0670. The molecule has 1 aromatic heterocycles. The number of aromatic amines is 2. The molecule has 2 rings (SSSR count). The molecule has 2 aromatic rings. The number of nitro benzene ring substituents is 1. The van der Waals surface area contributed by atoms with Gasteiger partial charge in [-0.05, 0) is 13.0 Å². The Labute approximate surface area is 160 Å². The number of ether oxygens (including phenoxy) is 1. The van der Waals surface area contributed by atoms with Crippen molar-refractivity contribution in [3.05, 3.63) is 48.6 Å². The summed E-state index contributed by atoms with van der Waals surface area (Å²) in [6, 6.07) is 2.08. The van der Waals surface area contributed by atoms with Crippen molar-refractivity contribution >= 4 is 29.6 Å². The van der Waals surface area contributed by atoms with Gasteiger partial charge in [0.2, 0.25) is 0 Å². The molecular weight excluding hydrogens is 396 g/mol. The van der Waals surface area contributed by atoms with Crippen LogP contribution in [0.25, 0.3) is 0 Å². The average Bonchev–Trinajstić information content (AvgIpc) is 2.63. The third kappa shape index (κ3) is 4.94. The number of rotatable bonds is 7. The number of aromatic nitrogens is 3. The fraction of sp³-hybridized carbons (Fsp3) is 0.214. The third-order valence-corrected chi connectivity index (χ3v) is 4.31. The normalized spacial score (nSPS) is 11.9. The molecule has 13 nitrogen and oxygen atoms in total. The van der Waals surface area contributed by atoms with Gasteiger partial charge < -0.3 is 9.84 Å². The van der Waals surface area contributed by atoms with Crippen molar-refractivity contribution in [3.63, 3.8) is 0 Å². The molecule has 0 saturated carbocycles. The quantitative estimate of drug-likeness (QED) is 0.205. The molecule has 0 bridgehead atoms. The van der Waals surface area contributed by atoms with Gasteiger partial charge in [0.1, 0.15) is 0 Å². The van der Waals surface area contributed by atoms with Crippen LogP contribution < -0.4 is 21.4 Å². The third-order valence-electron chi connectivity index (χ3n) is 3.24. The van der Waals surface area contributed by atoms with Crippen molar-refractivity contribution in [2.24, 2.45) is 5.10 Å². The Bertz CT molecular complexity index is 1050. The highest BCUT2D eigenvalue weighted by Gasteiger charge is 2.19. The number of H-pyrrole nitrogens is 2. The first kappa shape index (κ1) is 20.6. The summed E-state index contributed by atoms with van der Waals surface area (Å²) in [6.45, 7) is 1.46. The average molecular weight is 410 g/mol. The highest BCUT2D eigenvalue weighted by atomic mass is 32.2. The van der Waals surface area contributed by atoms with Gasteiger partial charge >= 0.3 is 5.69 Å². The summed E-state index contributed by atoms with van der Waals surface area (Å²) in [5.41, 5.74) is 0.175. The Morgan fingerprint density at radius 2 is 2.21 bits per heavy atom. The van der Waals surface area contributed by atoms with Gasteiger partial charge in [0.05, 0.1) is 35.1 Å². The number of methoxy groups -OCH3 is 1. The topological polar surface area (TPSA) is 193 Å². The predicted molar refractivity (Wildman–Crippen MR) is 97.8 cm³/mol. The summed E-state index contributed by atoms with van der Waals surface area (Å²) >= 11 is 0.773. The van der Waals surface area contributed by atoms with Crippen LogP contribution in [0.15, 0.2) is 31.8 Å². The number of hydrogen-bond acceptors (Lipinski definition) is 10. The van der Waals surface area contributed by atoms with Crippen molar-refractivity contribution in [2.45, 2.75) is 17.2 Å². The summed E-state index contributed by atoms with van der Waals surface area (Å²) in [4.78, 5) is 46.9. The zero-order valence-electron chi connectivity index (χ0n) is 14.5. The molecule has 0 aliphatic heterocycles. The maximum absolute atomic E-state index is 12.0. The molecule has 1 unspecified atom stereocenters. The number of nitro groups is 1. The number of carbonyl (C=O) groups is 1. The fourth-order valence-corrected chi connectivity index (χ4v) is 2.64. The second kappa shape index (κ2) is 8.81. The molecular formula is C14H14N6O7S. The van der Waals surface area contributed by atoms with Crippen molar-refractivity contribution < 1.29 is 19.6 Å². The first-order valence-electron chi connectivity index (χ1n) is 7.47. The van der Waals surface area contributed by atoms with Crippen LogP contribution in [-0.4, -0.2) is 49.7 Å². The largest absolute Gasteiger partial charge is 0.504 e. The van der Waals surface area contributed by atoms with Crippen molar-refractivity contribution in [1.29, 1.82) is 0 Å². The lowest BCUT2D eigenvalue weighted by atomic mass is 10.1. The molecule has 0 radical (unpaired) electrons. The molecule has 1 atom stereocenters. The number of nitrogens with zero attached hydrogens (tertiary/aromatic N) is 3. The van der Waals surface area contributed by atoms with Crippen molar-refractivity contribution in [1.82, 2.24) is 20.6 Å². The molecule has 0 fully saturated rings. The maximum Gasteiger partial charge on any atom is 0.342 e. The van der Waals surface area contributed by atoms with Crippen LogP contribution in [0.4, 0.5) is 5.69 Å². The van der Waals surface area contributed by atoms with E-state index in [1.54, 1.807) is 0 Å². The number of hydrazone groups is 1. The molecule has 0 aliphatic rings. The minimum atomic E-state index is -0.823. The van der Waals surface area contributed by atoms with E-state index in [0.717, 1.165) is 30.1 Å². The summed E-state index contributed by atoms with van der Waals surface area (Å²) in [6.07, 6.45) is 0.984. The molecule has 148 valence electrons. The predicted octanol–water partition coefficient (Wildman–Crippen LogP) is -0.289. The first-order valence-corrected chi connectivity index (χ1v) is 8.35. The summed E-state index contributed by atoms with van der Waals surface area (Å²) < 4.78 is 4.81. The van der Waals surface area contributed by atoms with E-state index in [0.29, 0.717) is 0 Å². The van der Waals surface area contributed by atoms with Crippen LogP contribution in [0.5, 0.6) is 11.5 Å². The summed E-state index contributed by atoms with van der Waals surface area (Å²) in [5.74, 6) is -1.06. The number of hydrogen-bond donors (Lipinski definition) is 4. The second-order valence-corrected chi connectivity index (χ2v) is 6.48. The van der Waals surface area contributed by atoms with Crippen LogP contribution in [0.3, 0.4) is 0 Å². The minimum Gasteiger partial charge on any atom is -0.504 e. The fourth-order valence-electron chi connectivity index (χ4n) is 1.89. The van der Waals surface area contributed by atoms with Crippen LogP contribution >= 0.6 is 11.8 Å². The highest BCUT2D eigenvalue weighted by molar-refractivity contribution is 8.00. The van der Waals surface area contributed by atoms with E-state index in [-0.39, 0.29) is 27.8 Å². The van der Waals surface area contributed by atoms with Crippen molar-refractivity contribution in [3.8, 4) is 11.5 Å². The highest BCUT2D eigenvalue weighted by Crippen LogP contribution is 2.32. The van der Waals surface area contributed by atoms with Gasteiger partial charge in [-0.25, -0.2) is 15.3 Å². The SMILES string of the molecule is COc1cc([N+](=O)[O-])c(/C=N/NC(=O)C(C)Sc2n[nH]c(=O)[nH]c2=O)cc1O. The van der Waals surface area contributed by atoms with E-state index in [2.05, 4.69) is 15.6 Å². The lowest BCUT2D eigenvalue weighted by Gasteiger charge is -2.08. The Morgan fingerprint density at radius 1 is 1.50 bits per heavy atom. The van der Waals surface area contributed by atoms with E-state index < -0.39 is 27.3 Å². The molecule has 0 saturated heterocycles. The Morgan fingerprint density at radius 3 is 2.82 bits per heavy atom. The van der Waals surface area contributed by atoms with E-state index in [9.17, 15) is 29.6 Å². The first-order chi connectivity index (χ1) is 13.2. The number of carbonyl (C=O) groups excluding carboxylic acids is 1. The number of amides is 1. The van der Waals surface area contributed by atoms with Gasteiger partial charge in [-0.15, -0.1) is 0 Å². The van der Waals surface area contributed by atoms with Gasteiger partial charge in [-0.3, -0.25) is 24.7 Å². The zero-order valence-corrected chi connectivity index (χ0v) is 15.3. The number of phenols is 1. The second-order valence-electron chi connectivity index (χ2n) is 5.15. The Kier molecular flexibility index (Phi) is 6.49. The molecule has 14 heteroatoms. The molecule has 0 aliphatic carbocycles. The Balaban J connectivity index is 2.10. The molecule has 28 heavy (non-hydrogen) atoms. The van der Waals surface area contributed by atoms with Crippen LogP contribution in [0.1, 0.15) is 12.5 Å². The van der Waals surface area contributed by atoms with Gasteiger partial charge in [0.25, 0.3) is 17.2 Å². The molecule has 4 N–H and O–H groups in total. The van der Waals surface area contributed by atoms with E-state index in [1.165, 1.54) is 14.0 Å². The van der Waals surface area contributed by atoms with E-state index in [1.807, 2.05) is 10.1 Å². The lowest BCUT2D eigenvalue weighted by molar-refractivity contribution is -0.385. The molecule has 1 heterocycles. The number of benzene rings is 1. The smallest absolute Gasteiger partial charge is 0.342 e. The van der Waals surface area contributed by atoms with Crippen molar-refractivity contribution in [2.75, 3.05) is 7.11 Å². The number of nitrogens with one attached hydrogen (secondary N) is 3. The van der Waals surface area contributed by atoms with E-state index in [4.69, 9.17) is 4.74 Å². The van der Waals surface area contributed by atoms with Crippen LogP contribution in [0.2, 0.25) is 0 Å². The monoisotopic (exact) mass is 410 g/mol. The number of phenolic OH excluding ortho intramolecular Hbond substituents is 1. The molecule has 1 amide bonds. The number of aromatic hydroxyl groups is 1. The van der Waals surface area contributed by atoms with E-state index >= 15 is 0 Å². The summed E-state index contributed by atoms with van der Waals surface area (Å²) in [7, 11) is 1.24. The van der Waals surface area contributed by atoms with Gasteiger partial charge in [0, 0.05) is 0 Å². The van der Waals surface area contributed by atoms with Crippen LogP contribution in [-0.2, 0) is 4.79 Å².